The lowest BCUT2D eigenvalue weighted by Gasteiger charge is -2.30. The molecule has 5 nitrogen and oxygen atoms in total. The van der Waals surface area contributed by atoms with Crippen molar-refractivity contribution in [2.45, 2.75) is 12.0 Å². The Labute approximate surface area is 122 Å². The molecule has 1 aromatic heterocycles. The molecule has 3 heterocycles. The van der Waals surface area contributed by atoms with E-state index in [1.807, 2.05) is 24.4 Å². The van der Waals surface area contributed by atoms with E-state index in [2.05, 4.69) is 22.1 Å². The van der Waals surface area contributed by atoms with Crippen molar-refractivity contribution < 1.29 is 9.47 Å². The van der Waals surface area contributed by atoms with E-state index < -0.39 is 0 Å². The summed E-state index contributed by atoms with van der Waals surface area (Å²) >= 11 is 0. The maximum Gasteiger partial charge on any atom is 0.282 e. The Kier molecular flexibility index (Phi) is 2.60. The van der Waals surface area contributed by atoms with Gasteiger partial charge in [0.15, 0.2) is 0 Å². The minimum absolute atomic E-state index is 0.255. The van der Waals surface area contributed by atoms with E-state index in [4.69, 9.17) is 15.2 Å². The lowest BCUT2D eigenvalue weighted by Crippen LogP contribution is -2.41. The molecule has 2 N–H and O–H groups in total. The molecule has 106 valence electrons. The summed E-state index contributed by atoms with van der Waals surface area (Å²) in [5.74, 6) is 0.911. The Morgan fingerprint density at radius 3 is 2.76 bits per heavy atom. The highest BCUT2D eigenvalue weighted by Crippen LogP contribution is 2.36. The Hall–Kier alpha value is -2.56. The van der Waals surface area contributed by atoms with Crippen molar-refractivity contribution >= 4 is 6.02 Å². The maximum absolute atomic E-state index is 5.84. The molecule has 1 spiro atoms. The SMILES string of the molecule is NC1=NC2(CO1)COc1ccc(-c3cccnc3)cc1C2. The largest absolute Gasteiger partial charge is 0.491 e. The fraction of sp³-hybridized carbons (Fsp3) is 0.250. The van der Waals surface area contributed by atoms with Crippen LogP contribution in [0, 0.1) is 0 Å². The van der Waals surface area contributed by atoms with E-state index in [1.54, 1.807) is 6.20 Å². The number of nitrogens with two attached hydrogens (primary N) is 1. The summed E-state index contributed by atoms with van der Waals surface area (Å²) in [6.45, 7) is 0.988. The minimum atomic E-state index is -0.370. The van der Waals surface area contributed by atoms with E-state index in [1.165, 1.54) is 0 Å². The van der Waals surface area contributed by atoms with E-state index >= 15 is 0 Å². The van der Waals surface area contributed by atoms with Crippen LogP contribution in [0.2, 0.25) is 0 Å². The molecule has 2 aromatic rings. The van der Waals surface area contributed by atoms with Crippen molar-refractivity contribution in [3.63, 3.8) is 0 Å². The molecule has 0 radical (unpaired) electrons. The van der Waals surface area contributed by atoms with Crippen LogP contribution in [0.4, 0.5) is 0 Å². The molecule has 1 atom stereocenters. The zero-order valence-electron chi connectivity index (χ0n) is 11.5. The number of fused-ring (bicyclic) bond motifs is 1. The zero-order valence-corrected chi connectivity index (χ0v) is 11.5. The van der Waals surface area contributed by atoms with Gasteiger partial charge in [0, 0.05) is 24.4 Å². The number of amidine groups is 1. The number of nitrogens with zero attached hydrogens (tertiary/aromatic N) is 2. The predicted molar refractivity (Wildman–Crippen MR) is 79.2 cm³/mol. The summed E-state index contributed by atoms with van der Waals surface area (Å²) in [7, 11) is 0. The molecule has 1 unspecified atom stereocenters. The van der Waals surface area contributed by atoms with Crippen LogP contribution in [0.5, 0.6) is 5.75 Å². The standard InChI is InChI=1S/C16H15N3O2/c17-15-19-16(10-21-15)7-13-6-11(3-4-14(13)20-9-16)12-2-1-5-18-8-12/h1-6,8H,7,9-10H2,(H2,17,19). The second-order valence-electron chi connectivity index (χ2n) is 5.49. The number of benzene rings is 1. The van der Waals surface area contributed by atoms with E-state index in [-0.39, 0.29) is 11.6 Å². The summed E-state index contributed by atoms with van der Waals surface area (Å²) in [6, 6.07) is 10.4. The zero-order chi connectivity index (χ0) is 14.3. The molecule has 0 saturated heterocycles. The number of rotatable bonds is 1. The highest BCUT2D eigenvalue weighted by molar-refractivity contribution is 5.74. The molecular formula is C16H15N3O2. The number of ether oxygens (including phenoxy) is 2. The van der Waals surface area contributed by atoms with Crippen molar-refractivity contribution in [1.29, 1.82) is 0 Å². The molecule has 21 heavy (non-hydrogen) atoms. The molecule has 2 aliphatic rings. The van der Waals surface area contributed by atoms with E-state index in [0.717, 1.165) is 28.9 Å². The van der Waals surface area contributed by atoms with Crippen LogP contribution in [0.1, 0.15) is 5.56 Å². The first kappa shape index (κ1) is 12.2. The molecule has 0 saturated carbocycles. The lowest BCUT2D eigenvalue weighted by molar-refractivity contribution is 0.153. The Morgan fingerprint density at radius 2 is 2.00 bits per heavy atom. The number of hydrogen-bond acceptors (Lipinski definition) is 5. The van der Waals surface area contributed by atoms with Crippen LogP contribution in [0.25, 0.3) is 11.1 Å². The third-order valence-corrected chi connectivity index (χ3v) is 3.91. The van der Waals surface area contributed by atoms with Crippen LogP contribution >= 0.6 is 0 Å². The highest BCUT2D eigenvalue weighted by atomic mass is 16.5. The Bertz CT molecular complexity index is 715. The minimum Gasteiger partial charge on any atom is -0.491 e. The Morgan fingerprint density at radius 1 is 1.10 bits per heavy atom. The first-order valence-electron chi connectivity index (χ1n) is 6.88. The van der Waals surface area contributed by atoms with E-state index in [0.29, 0.717) is 13.2 Å². The van der Waals surface area contributed by atoms with Gasteiger partial charge in [0.25, 0.3) is 6.02 Å². The van der Waals surface area contributed by atoms with Gasteiger partial charge in [0.1, 0.15) is 24.5 Å². The number of aliphatic imine (C=N–C) groups is 1. The molecule has 0 aliphatic carbocycles. The molecule has 2 aliphatic heterocycles. The van der Waals surface area contributed by atoms with Crippen molar-refractivity contribution in [2.24, 2.45) is 10.7 Å². The van der Waals surface area contributed by atoms with Gasteiger partial charge in [0.2, 0.25) is 0 Å². The van der Waals surface area contributed by atoms with Gasteiger partial charge in [0.05, 0.1) is 0 Å². The lowest BCUT2D eigenvalue weighted by atomic mass is 9.89. The van der Waals surface area contributed by atoms with Gasteiger partial charge in [-0.3, -0.25) is 4.98 Å². The third kappa shape index (κ3) is 2.11. The first-order valence-corrected chi connectivity index (χ1v) is 6.88. The Balaban J connectivity index is 1.71. The maximum atomic E-state index is 5.84. The fourth-order valence-corrected chi connectivity index (χ4v) is 2.86. The van der Waals surface area contributed by atoms with Gasteiger partial charge >= 0.3 is 0 Å². The van der Waals surface area contributed by atoms with Crippen LogP contribution in [0.15, 0.2) is 47.7 Å². The highest BCUT2D eigenvalue weighted by Gasteiger charge is 2.40. The second kappa shape index (κ2) is 4.48. The van der Waals surface area contributed by atoms with Crippen LogP contribution in [-0.4, -0.2) is 29.8 Å². The summed E-state index contributed by atoms with van der Waals surface area (Å²) in [5.41, 5.74) is 8.62. The van der Waals surface area contributed by atoms with Crippen molar-refractivity contribution in [3.8, 4) is 16.9 Å². The van der Waals surface area contributed by atoms with Gasteiger partial charge in [-0.25, -0.2) is 4.99 Å². The van der Waals surface area contributed by atoms with Crippen molar-refractivity contribution in [2.75, 3.05) is 13.2 Å². The van der Waals surface area contributed by atoms with Gasteiger partial charge in [-0.1, -0.05) is 12.1 Å². The van der Waals surface area contributed by atoms with Crippen molar-refractivity contribution in [1.82, 2.24) is 4.98 Å². The van der Waals surface area contributed by atoms with Crippen LogP contribution in [0.3, 0.4) is 0 Å². The predicted octanol–water partition coefficient (Wildman–Crippen LogP) is 1.77. The number of aromatic nitrogens is 1. The normalized spacial score (nSPS) is 23.1. The fourth-order valence-electron chi connectivity index (χ4n) is 2.86. The first-order chi connectivity index (χ1) is 10.2. The van der Waals surface area contributed by atoms with Crippen LogP contribution in [-0.2, 0) is 11.2 Å². The second-order valence-corrected chi connectivity index (χ2v) is 5.49. The van der Waals surface area contributed by atoms with Gasteiger partial charge in [-0.2, -0.15) is 0 Å². The smallest absolute Gasteiger partial charge is 0.282 e. The molecule has 0 amide bonds. The average molecular weight is 281 g/mol. The summed E-state index contributed by atoms with van der Waals surface area (Å²) in [6.07, 6.45) is 4.40. The molecule has 0 bridgehead atoms. The quantitative estimate of drug-likeness (QED) is 0.865. The van der Waals surface area contributed by atoms with Gasteiger partial charge in [-0.05, 0) is 29.3 Å². The number of pyridine rings is 1. The van der Waals surface area contributed by atoms with Gasteiger partial charge < -0.3 is 15.2 Å². The molecule has 1 aromatic carbocycles. The van der Waals surface area contributed by atoms with Gasteiger partial charge in [-0.15, -0.1) is 0 Å². The topological polar surface area (TPSA) is 69.7 Å². The number of hydrogen-bond donors (Lipinski definition) is 1. The molecule has 4 rings (SSSR count). The third-order valence-electron chi connectivity index (χ3n) is 3.91. The molecule has 0 fully saturated rings. The monoisotopic (exact) mass is 281 g/mol. The summed E-state index contributed by atoms with van der Waals surface area (Å²) in [4.78, 5) is 8.58. The average Bonchev–Trinajstić information content (AvgIpc) is 2.88. The summed E-state index contributed by atoms with van der Waals surface area (Å²) in [5, 5.41) is 0. The van der Waals surface area contributed by atoms with E-state index in [9.17, 15) is 0 Å². The summed E-state index contributed by atoms with van der Waals surface area (Å²) < 4.78 is 11.2. The van der Waals surface area contributed by atoms with Crippen molar-refractivity contribution in [3.05, 3.63) is 48.3 Å². The van der Waals surface area contributed by atoms with Crippen LogP contribution < -0.4 is 10.5 Å². The molecular weight excluding hydrogens is 266 g/mol. The molecule has 5 heteroatoms.